The summed E-state index contributed by atoms with van der Waals surface area (Å²) in [7, 11) is -0.779. The lowest BCUT2D eigenvalue weighted by atomic mass is 10.1. The van der Waals surface area contributed by atoms with E-state index in [0.29, 0.717) is 5.75 Å². The summed E-state index contributed by atoms with van der Waals surface area (Å²) in [5.74, 6) is 1.09. The van der Waals surface area contributed by atoms with Gasteiger partial charge < -0.3 is 5.32 Å². The van der Waals surface area contributed by atoms with Crippen molar-refractivity contribution in [3.63, 3.8) is 0 Å². The molecule has 1 heterocycles. The van der Waals surface area contributed by atoms with E-state index in [2.05, 4.69) is 21.2 Å². The van der Waals surface area contributed by atoms with E-state index in [1.807, 2.05) is 0 Å². The Morgan fingerprint density at radius 2 is 2.31 bits per heavy atom. The monoisotopic (exact) mass is 305 g/mol. The highest BCUT2D eigenvalue weighted by Gasteiger charge is 2.19. The highest BCUT2D eigenvalue weighted by atomic mass is 79.9. The largest absolute Gasteiger partial charge is 0.309 e. The summed E-state index contributed by atoms with van der Waals surface area (Å²) in [4.78, 5) is 0. The molecule has 0 bridgehead atoms. The first kappa shape index (κ1) is 12.2. The molecule has 2 nitrogen and oxygen atoms in total. The number of hydrogen-bond acceptors (Lipinski definition) is 2. The molecule has 2 unspecified atom stereocenters. The molecule has 1 fully saturated rings. The molecule has 1 aliphatic heterocycles. The Kier molecular flexibility index (Phi) is 4.10. The minimum absolute atomic E-state index is 0.0540. The molecule has 0 saturated carbocycles. The summed E-state index contributed by atoms with van der Waals surface area (Å²) < 4.78 is 25.3. The quantitative estimate of drug-likeness (QED) is 0.863. The molecule has 0 radical (unpaired) electrons. The Hall–Kier alpha value is -0.260. The summed E-state index contributed by atoms with van der Waals surface area (Å²) in [5, 5.41) is 3.34. The smallest absolute Gasteiger partial charge is 0.124 e. The van der Waals surface area contributed by atoms with Gasteiger partial charge in [0.25, 0.3) is 0 Å². The van der Waals surface area contributed by atoms with Crippen molar-refractivity contribution in [2.45, 2.75) is 12.5 Å². The van der Waals surface area contributed by atoms with Gasteiger partial charge in [-0.15, -0.1) is 0 Å². The highest BCUT2D eigenvalue weighted by Crippen LogP contribution is 2.26. The molecule has 1 saturated heterocycles. The minimum atomic E-state index is -0.779. The first-order valence-electron chi connectivity index (χ1n) is 5.20. The van der Waals surface area contributed by atoms with Crippen LogP contribution in [0.1, 0.15) is 18.0 Å². The van der Waals surface area contributed by atoms with Gasteiger partial charge in [-0.25, -0.2) is 4.39 Å². The van der Waals surface area contributed by atoms with Crippen LogP contribution in [0.4, 0.5) is 4.39 Å². The molecular formula is C11H13BrFNOS. The van der Waals surface area contributed by atoms with Gasteiger partial charge in [0, 0.05) is 32.8 Å². The maximum Gasteiger partial charge on any atom is 0.124 e. The Morgan fingerprint density at radius 1 is 1.50 bits per heavy atom. The van der Waals surface area contributed by atoms with Gasteiger partial charge in [-0.1, -0.05) is 22.0 Å². The van der Waals surface area contributed by atoms with Crippen LogP contribution in [0.15, 0.2) is 22.7 Å². The van der Waals surface area contributed by atoms with Crippen molar-refractivity contribution in [1.82, 2.24) is 5.32 Å². The lowest BCUT2D eigenvalue weighted by Gasteiger charge is -2.17. The van der Waals surface area contributed by atoms with Crippen LogP contribution >= 0.6 is 15.9 Å². The summed E-state index contributed by atoms with van der Waals surface area (Å²) in [6.07, 6.45) is 0.932. The molecule has 2 rings (SSSR count). The molecule has 1 aromatic rings. The molecule has 0 aromatic heterocycles. The van der Waals surface area contributed by atoms with Gasteiger partial charge >= 0.3 is 0 Å². The Balaban J connectivity index is 2.24. The van der Waals surface area contributed by atoms with Crippen molar-refractivity contribution in [2.75, 3.05) is 18.1 Å². The Labute approximate surface area is 105 Å². The van der Waals surface area contributed by atoms with E-state index in [-0.39, 0.29) is 11.9 Å². The zero-order valence-electron chi connectivity index (χ0n) is 8.71. The average molecular weight is 306 g/mol. The lowest BCUT2D eigenvalue weighted by Crippen LogP contribution is -2.24. The SMILES string of the molecule is O=S1CCCNC(c2ccc(F)cc2Br)C1. The van der Waals surface area contributed by atoms with Gasteiger partial charge in [-0.3, -0.25) is 4.21 Å². The van der Waals surface area contributed by atoms with E-state index in [0.717, 1.165) is 28.8 Å². The molecule has 1 N–H and O–H groups in total. The molecular weight excluding hydrogens is 293 g/mol. The van der Waals surface area contributed by atoms with Crippen LogP contribution in [-0.2, 0) is 10.8 Å². The van der Waals surface area contributed by atoms with Crippen molar-refractivity contribution in [3.8, 4) is 0 Å². The molecule has 0 aliphatic carbocycles. The maximum atomic E-state index is 13.0. The molecule has 16 heavy (non-hydrogen) atoms. The summed E-state index contributed by atoms with van der Waals surface area (Å²) >= 11 is 3.35. The van der Waals surface area contributed by atoms with Crippen LogP contribution < -0.4 is 5.32 Å². The summed E-state index contributed by atoms with van der Waals surface area (Å²) in [5.41, 5.74) is 0.983. The van der Waals surface area contributed by atoms with Gasteiger partial charge in [0.15, 0.2) is 0 Å². The molecule has 0 amide bonds. The number of benzene rings is 1. The summed E-state index contributed by atoms with van der Waals surface area (Å²) in [6.45, 7) is 0.861. The second kappa shape index (κ2) is 5.38. The van der Waals surface area contributed by atoms with E-state index in [1.165, 1.54) is 12.1 Å². The van der Waals surface area contributed by atoms with Crippen LogP contribution in [0.3, 0.4) is 0 Å². The van der Waals surface area contributed by atoms with Crippen molar-refractivity contribution < 1.29 is 8.60 Å². The molecule has 5 heteroatoms. The van der Waals surface area contributed by atoms with E-state index < -0.39 is 10.8 Å². The Bertz CT molecular complexity index is 413. The highest BCUT2D eigenvalue weighted by molar-refractivity contribution is 9.10. The third-order valence-electron chi connectivity index (χ3n) is 2.63. The van der Waals surface area contributed by atoms with Crippen molar-refractivity contribution in [3.05, 3.63) is 34.1 Å². The fourth-order valence-electron chi connectivity index (χ4n) is 1.82. The predicted octanol–water partition coefficient (Wildman–Crippen LogP) is 2.37. The second-order valence-electron chi connectivity index (χ2n) is 3.84. The van der Waals surface area contributed by atoms with Gasteiger partial charge in [0.05, 0.1) is 0 Å². The lowest BCUT2D eigenvalue weighted by molar-refractivity contribution is 0.580. The number of nitrogens with one attached hydrogen (secondary N) is 1. The van der Waals surface area contributed by atoms with Crippen molar-refractivity contribution in [2.24, 2.45) is 0 Å². The molecule has 0 spiro atoms. The van der Waals surface area contributed by atoms with Crippen molar-refractivity contribution >= 4 is 26.7 Å². The molecule has 2 atom stereocenters. The van der Waals surface area contributed by atoms with Gasteiger partial charge in [-0.2, -0.15) is 0 Å². The van der Waals surface area contributed by atoms with Crippen molar-refractivity contribution in [1.29, 1.82) is 0 Å². The molecule has 88 valence electrons. The number of halogens is 2. The zero-order chi connectivity index (χ0) is 11.5. The van der Waals surface area contributed by atoms with Crippen LogP contribution in [0, 0.1) is 5.82 Å². The predicted molar refractivity (Wildman–Crippen MR) is 67.3 cm³/mol. The van der Waals surface area contributed by atoms with E-state index in [1.54, 1.807) is 6.07 Å². The van der Waals surface area contributed by atoms with Crippen LogP contribution in [0.25, 0.3) is 0 Å². The van der Waals surface area contributed by atoms with Gasteiger partial charge in [0.2, 0.25) is 0 Å². The normalized spacial score (nSPS) is 26.4. The molecule has 1 aliphatic rings. The number of rotatable bonds is 1. The standard InChI is InChI=1S/C11H13BrFNOS/c12-10-6-8(13)2-3-9(10)11-7-16(15)5-1-4-14-11/h2-3,6,11,14H,1,4-5,7H2. The Morgan fingerprint density at radius 3 is 3.06 bits per heavy atom. The zero-order valence-corrected chi connectivity index (χ0v) is 11.1. The van der Waals surface area contributed by atoms with Crippen LogP contribution in [-0.4, -0.2) is 22.3 Å². The topological polar surface area (TPSA) is 29.1 Å². The van der Waals surface area contributed by atoms with Crippen LogP contribution in [0.5, 0.6) is 0 Å². The fourth-order valence-corrected chi connectivity index (χ4v) is 3.75. The number of hydrogen-bond donors (Lipinski definition) is 1. The minimum Gasteiger partial charge on any atom is -0.309 e. The van der Waals surface area contributed by atoms with E-state index in [9.17, 15) is 8.60 Å². The van der Waals surface area contributed by atoms with Crippen LogP contribution in [0.2, 0.25) is 0 Å². The summed E-state index contributed by atoms with van der Waals surface area (Å²) in [6, 6.07) is 4.69. The van der Waals surface area contributed by atoms with E-state index >= 15 is 0 Å². The third-order valence-corrected chi connectivity index (χ3v) is 4.77. The van der Waals surface area contributed by atoms with E-state index in [4.69, 9.17) is 0 Å². The fraction of sp³-hybridized carbons (Fsp3) is 0.455. The first-order chi connectivity index (χ1) is 7.66. The van der Waals surface area contributed by atoms with Gasteiger partial charge in [-0.05, 0) is 30.7 Å². The second-order valence-corrected chi connectivity index (χ2v) is 6.31. The first-order valence-corrected chi connectivity index (χ1v) is 7.48. The third kappa shape index (κ3) is 2.90. The average Bonchev–Trinajstić information content (AvgIpc) is 2.43. The maximum absolute atomic E-state index is 13.0. The van der Waals surface area contributed by atoms with Gasteiger partial charge in [0.1, 0.15) is 5.82 Å². The molecule has 1 aromatic carbocycles.